The first-order valence-corrected chi connectivity index (χ1v) is 18.4. The van der Waals surface area contributed by atoms with Gasteiger partial charge in [0.05, 0.1) is 27.5 Å². The van der Waals surface area contributed by atoms with E-state index >= 15 is 0 Å². The molecule has 0 fully saturated rings. The number of rotatable bonds is 5. The molecule has 0 unspecified atom stereocenters. The third-order valence-corrected chi connectivity index (χ3v) is 10.8. The molecule has 6 heteroatoms. The number of aromatic nitrogens is 2. The predicted octanol–water partition coefficient (Wildman–Crippen LogP) is 13.9. The van der Waals surface area contributed by atoms with Gasteiger partial charge in [-0.15, -0.1) is 0 Å². The molecule has 0 atom stereocenters. The molecule has 258 valence electrons. The van der Waals surface area contributed by atoms with Crippen LogP contribution < -0.4 is 4.90 Å². The van der Waals surface area contributed by atoms with Crippen molar-refractivity contribution in [1.82, 2.24) is 9.55 Å². The Labute approximate surface area is 313 Å². The van der Waals surface area contributed by atoms with Crippen molar-refractivity contribution >= 4 is 93.8 Å². The van der Waals surface area contributed by atoms with Gasteiger partial charge in [-0.25, -0.2) is 4.98 Å². The second-order valence-corrected chi connectivity index (χ2v) is 13.9. The molecular weight excluding hydrogens is 679 g/mol. The molecule has 0 spiro atoms. The van der Waals surface area contributed by atoms with Crippen molar-refractivity contribution in [2.24, 2.45) is 0 Å². The van der Waals surface area contributed by atoms with Crippen LogP contribution in [0.2, 0.25) is 0 Å². The Kier molecular flexibility index (Phi) is 6.24. The van der Waals surface area contributed by atoms with Crippen molar-refractivity contribution in [3.63, 3.8) is 0 Å². The average molecular weight is 708 g/mol. The van der Waals surface area contributed by atoms with Crippen LogP contribution in [0.4, 0.5) is 17.1 Å². The van der Waals surface area contributed by atoms with Gasteiger partial charge in [0.15, 0.2) is 5.58 Å². The zero-order chi connectivity index (χ0) is 36.0. The summed E-state index contributed by atoms with van der Waals surface area (Å²) in [4.78, 5) is 7.16. The van der Waals surface area contributed by atoms with Crippen molar-refractivity contribution in [2.45, 2.75) is 0 Å². The standard InChI is InChI=1S/C49H29N3O3/c1-3-12-30(13-4-1)49-50-38-25-27-44-47(48(38)55-49)36-24-22-33(29-45(36)54-44)51(41-19-11-21-43-46(41)35-17-8-10-20-42(35)53-43)32-23-26-40-37(28-32)34-16-7-9-18-39(34)52(40)31-14-5-2-6-15-31/h1-29H. The van der Waals surface area contributed by atoms with E-state index in [1.165, 1.54) is 5.39 Å². The largest absolute Gasteiger partial charge is 0.456 e. The summed E-state index contributed by atoms with van der Waals surface area (Å²) in [6.45, 7) is 0. The minimum absolute atomic E-state index is 0.588. The molecule has 0 radical (unpaired) electrons. The molecule has 0 aliphatic rings. The minimum Gasteiger partial charge on any atom is -0.456 e. The fourth-order valence-corrected chi connectivity index (χ4v) is 8.40. The molecule has 6 nitrogen and oxygen atoms in total. The molecule has 0 aliphatic carbocycles. The molecule has 8 aromatic carbocycles. The number of nitrogens with zero attached hydrogens (tertiary/aromatic N) is 3. The lowest BCUT2D eigenvalue weighted by atomic mass is 10.1. The summed E-state index contributed by atoms with van der Waals surface area (Å²) in [6.07, 6.45) is 0. The number of oxazole rings is 1. The summed E-state index contributed by atoms with van der Waals surface area (Å²) in [5.74, 6) is 0.588. The number of fused-ring (bicyclic) bond motifs is 11. The van der Waals surface area contributed by atoms with Crippen LogP contribution in [0.5, 0.6) is 0 Å². The SMILES string of the molecule is c1ccc(-c2nc3ccc4oc5cc(N(c6ccc7c(c6)c6ccccc6n7-c6ccccc6)c6cccc7oc8ccccc8c67)ccc5c4c3o2)cc1. The number of benzene rings is 8. The summed E-state index contributed by atoms with van der Waals surface area (Å²) in [5.41, 5.74) is 12.0. The van der Waals surface area contributed by atoms with Gasteiger partial charge in [-0.1, -0.05) is 78.9 Å². The summed E-state index contributed by atoms with van der Waals surface area (Å²) in [7, 11) is 0. The van der Waals surface area contributed by atoms with Gasteiger partial charge >= 0.3 is 0 Å². The van der Waals surface area contributed by atoms with E-state index in [9.17, 15) is 0 Å². The van der Waals surface area contributed by atoms with Crippen LogP contribution in [0.3, 0.4) is 0 Å². The molecule has 12 rings (SSSR count). The molecule has 55 heavy (non-hydrogen) atoms. The molecule has 4 aromatic heterocycles. The third-order valence-electron chi connectivity index (χ3n) is 10.8. The van der Waals surface area contributed by atoms with E-state index in [0.29, 0.717) is 5.89 Å². The highest BCUT2D eigenvalue weighted by Gasteiger charge is 2.23. The fraction of sp³-hybridized carbons (Fsp3) is 0. The topological polar surface area (TPSA) is 60.5 Å². The summed E-state index contributed by atoms with van der Waals surface area (Å²) in [6, 6.07) is 60.9. The Morgan fingerprint density at radius 1 is 0.436 bits per heavy atom. The normalized spacial score (nSPS) is 12.0. The highest BCUT2D eigenvalue weighted by molar-refractivity contribution is 6.18. The van der Waals surface area contributed by atoms with Crippen LogP contribution in [0, 0.1) is 0 Å². The van der Waals surface area contributed by atoms with Gasteiger partial charge < -0.3 is 22.7 Å². The van der Waals surface area contributed by atoms with Gasteiger partial charge in [0, 0.05) is 50.2 Å². The smallest absolute Gasteiger partial charge is 0.227 e. The Hall–Kier alpha value is -7.57. The minimum atomic E-state index is 0.588. The number of para-hydroxylation sites is 3. The van der Waals surface area contributed by atoms with Crippen molar-refractivity contribution in [1.29, 1.82) is 0 Å². The van der Waals surface area contributed by atoms with E-state index in [4.69, 9.17) is 18.2 Å². The molecule has 4 heterocycles. The van der Waals surface area contributed by atoms with E-state index in [1.807, 2.05) is 60.7 Å². The summed E-state index contributed by atoms with van der Waals surface area (Å²) >= 11 is 0. The molecule has 0 amide bonds. The molecule has 0 saturated carbocycles. The van der Waals surface area contributed by atoms with E-state index in [1.54, 1.807) is 0 Å². The lowest BCUT2D eigenvalue weighted by Gasteiger charge is -2.26. The number of hydrogen-bond acceptors (Lipinski definition) is 5. The van der Waals surface area contributed by atoms with Gasteiger partial charge in [-0.05, 0) is 91.0 Å². The second-order valence-electron chi connectivity index (χ2n) is 13.9. The second kappa shape index (κ2) is 11.5. The van der Waals surface area contributed by atoms with Crippen LogP contribution >= 0.6 is 0 Å². The van der Waals surface area contributed by atoms with E-state index in [-0.39, 0.29) is 0 Å². The molecular formula is C49H29N3O3. The zero-order valence-corrected chi connectivity index (χ0v) is 29.3. The first-order chi connectivity index (χ1) is 27.3. The van der Waals surface area contributed by atoms with Crippen molar-refractivity contribution in [3.05, 3.63) is 176 Å². The highest BCUT2D eigenvalue weighted by atomic mass is 16.4. The lowest BCUT2D eigenvalue weighted by molar-refractivity contribution is 0.622. The maximum atomic E-state index is 6.62. The van der Waals surface area contributed by atoms with E-state index < -0.39 is 0 Å². The fourth-order valence-electron chi connectivity index (χ4n) is 8.40. The van der Waals surface area contributed by atoms with Crippen molar-refractivity contribution in [2.75, 3.05) is 4.90 Å². The Morgan fingerprint density at radius 3 is 2.00 bits per heavy atom. The quantitative estimate of drug-likeness (QED) is 0.178. The van der Waals surface area contributed by atoms with Gasteiger partial charge in [0.25, 0.3) is 0 Å². The van der Waals surface area contributed by atoms with Gasteiger partial charge in [0.1, 0.15) is 27.8 Å². The average Bonchev–Trinajstić information content (AvgIpc) is 4.02. The van der Waals surface area contributed by atoms with Gasteiger partial charge in [-0.2, -0.15) is 0 Å². The number of furan rings is 2. The van der Waals surface area contributed by atoms with Crippen LogP contribution in [-0.4, -0.2) is 9.55 Å². The first kappa shape index (κ1) is 29.9. The Morgan fingerprint density at radius 2 is 1.11 bits per heavy atom. The predicted molar refractivity (Wildman–Crippen MR) is 223 cm³/mol. The Bertz CT molecular complexity index is 3440. The van der Waals surface area contributed by atoms with Crippen molar-refractivity contribution < 1.29 is 13.3 Å². The molecule has 0 aliphatic heterocycles. The first-order valence-electron chi connectivity index (χ1n) is 18.4. The number of anilines is 3. The number of hydrogen-bond donors (Lipinski definition) is 0. The van der Waals surface area contributed by atoms with Gasteiger partial charge in [0.2, 0.25) is 5.89 Å². The van der Waals surface area contributed by atoms with Crippen LogP contribution in [-0.2, 0) is 0 Å². The van der Waals surface area contributed by atoms with Crippen LogP contribution in [0.15, 0.2) is 189 Å². The van der Waals surface area contributed by atoms with Crippen LogP contribution in [0.1, 0.15) is 0 Å². The summed E-state index contributed by atoms with van der Waals surface area (Å²) < 4.78 is 21.8. The third kappa shape index (κ3) is 4.46. The molecule has 12 aromatic rings. The van der Waals surface area contributed by atoms with E-state index in [2.05, 4.69) is 125 Å². The van der Waals surface area contributed by atoms with Gasteiger partial charge in [-0.3, -0.25) is 0 Å². The maximum Gasteiger partial charge on any atom is 0.227 e. The highest BCUT2D eigenvalue weighted by Crippen LogP contribution is 2.46. The maximum absolute atomic E-state index is 6.62. The molecule has 0 N–H and O–H groups in total. The van der Waals surface area contributed by atoms with Crippen molar-refractivity contribution in [3.8, 4) is 17.1 Å². The van der Waals surface area contributed by atoms with E-state index in [0.717, 1.165) is 99.7 Å². The Balaban J connectivity index is 1.11. The summed E-state index contributed by atoms with van der Waals surface area (Å²) in [5, 5.41) is 6.34. The zero-order valence-electron chi connectivity index (χ0n) is 29.3. The molecule has 0 bridgehead atoms. The molecule has 0 saturated heterocycles. The monoisotopic (exact) mass is 707 g/mol. The van der Waals surface area contributed by atoms with Crippen LogP contribution in [0.25, 0.3) is 93.9 Å². The lowest BCUT2D eigenvalue weighted by Crippen LogP contribution is -2.10.